The van der Waals surface area contributed by atoms with Gasteiger partial charge in [0.15, 0.2) is 0 Å². The monoisotopic (exact) mass is 499 g/mol. The van der Waals surface area contributed by atoms with E-state index < -0.39 is 17.7 Å². The highest BCUT2D eigenvalue weighted by atomic mass is 16.7. The maximum atomic E-state index is 11.9. The molecule has 0 aromatic heterocycles. The van der Waals surface area contributed by atoms with E-state index in [0.29, 0.717) is 18.9 Å². The molecule has 2 saturated carbocycles. The molecule has 0 aromatic rings. The summed E-state index contributed by atoms with van der Waals surface area (Å²) in [7, 11) is 0. The van der Waals surface area contributed by atoms with E-state index in [0.717, 1.165) is 57.7 Å². The zero-order valence-corrected chi connectivity index (χ0v) is 22.3. The maximum Gasteiger partial charge on any atom is 0.139 e. The van der Waals surface area contributed by atoms with Gasteiger partial charge >= 0.3 is 0 Å². The normalized spacial score (nSPS) is 35.4. The van der Waals surface area contributed by atoms with Crippen LogP contribution in [-0.2, 0) is 9.63 Å². The number of fused-ring (bicyclic) bond motifs is 2. The van der Waals surface area contributed by atoms with Crippen molar-refractivity contribution in [3.8, 4) is 11.8 Å². The summed E-state index contributed by atoms with van der Waals surface area (Å²) in [5.41, 5.74) is 3.30. The van der Waals surface area contributed by atoms with Gasteiger partial charge in [-0.25, -0.2) is 0 Å². The van der Waals surface area contributed by atoms with Crippen molar-refractivity contribution in [1.82, 2.24) is 5.06 Å². The van der Waals surface area contributed by atoms with Crippen LogP contribution in [0.15, 0.2) is 22.8 Å². The SMILES string of the molecule is CCC1=C2CCCC(=CC1C(C)(O)C#CC1CCCC(CN3OC(CCO)C(C(C)O)C3C=O)C1)C2. The summed E-state index contributed by atoms with van der Waals surface area (Å²) in [6, 6.07) is -0.506. The number of aliphatic hydroxyl groups excluding tert-OH is 2. The Morgan fingerprint density at radius 3 is 2.81 bits per heavy atom. The third kappa shape index (κ3) is 5.97. The second-order valence-electron chi connectivity index (χ2n) is 11.7. The standard InChI is InChI=1S/C30H45NO5/c1-4-25-24-10-6-8-22(16-24)17-26(25)30(3,35)13-11-21-7-5-9-23(15-21)18-31-27(19-33)29(20(2)34)28(36-31)12-14-32/h17,19-21,23,26-29,32,34-35H,4-10,12,14-16,18H2,1-3H3. The van der Waals surface area contributed by atoms with E-state index in [1.807, 2.05) is 6.92 Å². The Hall–Kier alpha value is -1.49. The summed E-state index contributed by atoms with van der Waals surface area (Å²) in [5.74, 6) is 6.94. The van der Waals surface area contributed by atoms with Gasteiger partial charge in [-0.15, -0.1) is 0 Å². The number of aldehydes is 1. The largest absolute Gasteiger partial charge is 0.396 e. The Kier molecular flexibility index (Phi) is 9.12. The summed E-state index contributed by atoms with van der Waals surface area (Å²) >= 11 is 0. The van der Waals surface area contributed by atoms with Crippen molar-refractivity contribution in [2.24, 2.45) is 23.7 Å². The summed E-state index contributed by atoms with van der Waals surface area (Å²) in [6.07, 6.45) is 12.1. The van der Waals surface area contributed by atoms with Gasteiger partial charge < -0.3 is 20.1 Å². The molecule has 8 unspecified atom stereocenters. The third-order valence-electron chi connectivity index (χ3n) is 8.92. The predicted molar refractivity (Wildman–Crippen MR) is 140 cm³/mol. The number of carbonyl (C=O) groups is 1. The molecule has 36 heavy (non-hydrogen) atoms. The first-order valence-corrected chi connectivity index (χ1v) is 14.1. The van der Waals surface area contributed by atoms with Crippen LogP contribution in [0.25, 0.3) is 0 Å². The number of carbonyl (C=O) groups excluding carboxylic acids is 1. The Morgan fingerprint density at radius 2 is 2.11 bits per heavy atom. The van der Waals surface area contributed by atoms with Crippen molar-refractivity contribution in [2.45, 2.75) is 109 Å². The van der Waals surface area contributed by atoms with Crippen LogP contribution in [0.5, 0.6) is 0 Å². The number of hydrogen-bond acceptors (Lipinski definition) is 6. The third-order valence-corrected chi connectivity index (χ3v) is 8.92. The molecule has 0 spiro atoms. The lowest BCUT2D eigenvalue weighted by Gasteiger charge is -2.37. The number of aliphatic hydroxyl groups is 3. The van der Waals surface area contributed by atoms with Crippen LogP contribution in [0, 0.1) is 35.5 Å². The zero-order chi connectivity index (χ0) is 25.9. The number of rotatable bonds is 8. The van der Waals surface area contributed by atoms with Crippen LogP contribution in [0.3, 0.4) is 0 Å². The van der Waals surface area contributed by atoms with Gasteiger partial charge in [0.05, 0.1) is 18.2 Å². The highest BCUT2D eigenvalue weighted by Crippen LogP contribution is 2.43. The molecule has 1 heterocycles. The minimum atomic E-state index is -1.07. The number of allylic oxidation sites excluding steroid dienone is 2. The predicted octanol–water partition coefficient (Wildman–Crippen LogP) is 3.95. The lowest BCUT2D eigenvalue weighted by molar-refractivity contribution is -0.174. The first-order chi connectivity index (χ1) is 17.3. The fourth-order valence-electron chi connectivity index (χ4n) is 7.11. The molecule has 4 rings (SSSR count). The van der Waals surface area contributed by atoms with E-state index in [2.05, 4.69) is 24.8 Å². The molecule has 6 nitrogen and oxygen atoms in total. The van der Waals surface area contributed by atoms with Gasteiger partial charge in [0.1, 0.15) is 11.9 Å². The lowest BCUT2D eigenvalue weighted by atomic mass is 9.70. The van der Waals surface area contributed by atoms with Crippen LogP contribution < -0.4 is 0 Å². The van der Waals surface area contributed by atoms with E-state index in [1.54, 1.807) is 12.0 Å². The molecule has 0 amide bonds. The van der Waals surface area contributed by atoms with Crippen molar-refractivity contribution < 1.29 is 25.0 Å². The Balaban J connectivity index is 1.42. The van der Waals surface area contributed by atoms with Crippen molar-refractivity contribution in [1.29, 1.82) is 0 Å². The van der Waals surface area contributed by atoms with Crippen molar-refractivity contribution in [2.75, 3.05) is 13.2 Å². The fraction of sp³-hybridized carbons (Fsp3) is 0.767. The minimum Gasteiger partial charge on any atom is -0.396 e. The maximum absolute atomic E-state index is 11.9. The van der Waals surface area contributed by atoms with Gasteiger partial charge in [-0.05, 0) is 77.6 Å². The van der Waals surface area contributed by atoms with E-state index in [-0.39, 0.29) is 30.5 Å². The first kappa shape index (κ1) is 27.5. The molecule has 4 aliphatic rings. The van der Waals surface area contributed by atoms with Crippen molar-refractivity contribution in [3.05, 3.63) is 22.8 Å². The average molecular weight is 500 g/mol. The van der Waals surface area contributed by atoms with E-state index in [1.165, 1.54) is 23.1 Å². The summed E-state index contributed by atoms with van der Waals surface area (Å²) < 4.78 is 0. The first-order valence-electron chi connectivity index (χ1n) is 14.1. The van der Waals surface area contributed by atoms with Crippen LogP contribution in [0.1, 0.15) is 85.0 Å². The van der Waals surface area contributed by atoms with Gasteiger partial charge in [-0.3, -0.25) is 4.84 Å². The molecule has 6 heteroatoms. The number of hydrogen-bond donors (Lipinski definition) is 3. The molecule has 200 valence electrons. The topological polar surface area (TPSA) is 90.2 Å². The van der Waals surface area contributed by atoms with Crippen LogP contribution in [0.4, 0.5) is 0 Å². The highest BCUT2D eigenvalue weighted by Gasteiger charge is 2.46. The second-order valence-corrected chi connectivity index (χ2v) is 11.7. The smallest absolute Gasteiger partial charge is 0.139 e. The Labute approximate surface area is 216 Å². The molecular weight excluding hydrogens is 454 g/mol. The minimum absolute atomic E-state index is 0.0133. The molecule has 3 aliphatic carbocycles. The highest BCUT2D eigenvalue weighted by molar-refractivity contribution is 5.59. The van der Waals surface area contributed by atoms with Gasteiger partial charge in [0.25, 0.3) is 0 Å². The lowest BCUT2D eigenvalue weighted by Crippen LogP contribution is -2.41. The summed E-state index contributed by atoms with van der Waals surface area (Å²) in [4.78, 5) is 18.0. The number of hydroxylamine groups is 2. The Morgan fingerprint density at radius 1 is 1.31 bits per heavy atom. The van der Waals surface area contributed by atoms with Crippen molar-refractivity contribution >= 4 is 6.29 Å². The van der Waals surface area contributed by atoms with E-state index in [9.17, 15) is 20.1 Å². The molecule has 2 bridgehead atoms. The van der Waals surface area contributed by atoms with Crippen molar-refractivity contribution in [3.63, 3.8) is 0 Å². The molecule has 3 N–H and O–H groups in total. The van der Waals surface area contributed by atoms with Gasteiger partial charge in [0, 0.05) is 30.9 Å². The van der Waals surface area contributed by atoms with Gasteiger partial charge in [-0.1, -0.05) is 48.0 Å². The van der Waals surface area contributed by atoms with Crippen LogP contribution >= 0.6 is 0 Å². The molecular formula is C30H45NO5. The average Bonchev–Trinajstić information content (AvgIpc) is 3.20. The molecule has 0 aromatic carbocycles. The van der Waals surface area contributed by atoms with E-state index >= 15 is 0 Å². The Bertz CT molecular complexity index is 910. The fourth-order valence-corrected chi connectivity index (χ4v) is 7.11. The zero-order valence-electron chi connectivity index (χ0n) is 22.3. The van der Waals surface area contributed by atoms with Crippen LogP contribution in [0.2, 0.25) is 0 Å². The quantitative estimate of drug-likeness (QED) is 0.266. The molecule has 1 aliphatic heterocycles. The van der Waals surface area contributed by atoms with Gasteiger partial charge in [0.2, 0.25) is 0 Å². The molecule has 1 saturated heterocycles. The van der Waals surface area contributed by atoms with Crippen LogP contribution in [-0.4, -0.2) is 63.7 Å². The van der Waals surface area contributed by atoms with E-state index in [4.69, 9.17) is 4.84 Å². The van der Waals surface area contributed by atoms with Gasteiger partial charge in [-0.2, -0.15) is 5.06 Å². The summed E-state index contributed by atoms with van der Waals surface area (Å²) in [6.45, 7) is 6.33. The second kappa shape index (κ2) is 11.9. The molecule has 0 radical (unpaired) electrons. The number of nitrogens with zero attached hydrogens (tertiary/aromatic N) is 1. The molecule has 3 fully saturated rings. The summed E-state index contributed by atoms with van der Waals surface area (Å²) in [5, 5.41) is 32.9. The molecule has 8 atom stereocenters.